The number of nitro groups is 1. The molecule has 0 unspecified atom stereocenters. The lowest BCUT2D eigenvalue weighted by atomic mass is 10.2. The largest absolute Gasteiger partial charge is 0.494 e. The van der Waals surface area contributed by atoms with Crippen LogP contribution in [-0.2, 0) is 14.8 Å². The first-order valence-electron chi connectivity index (χ1n) is 8.39. The molecule has 2 aromatic rings. The van der Waals surface area contributed by atoms with Gasteiger partial charge < -0.3 is 10.1 Å². The monoisotopic (exact) mass is 407 g/mol. The number of aryl methyl sites for hydroxylation is 1. The van der Waals surface area contributed by atoms with Gasteiger partial charge in [0.2, 0.25) is 15.9 Å². The number of anilines is 1. The molecule has 9 nitrogen and oxygen atoms in total. The van der Waals surface area contributed by atoms with Crippen molar-refractivity contribution in [2.45, 2.75) is 18.7 Å². The highest BCUT2D eigenvalue weighted by Crippen LogP contribution is 2.22. The van der Waals surface area contributed by atoms with Crippen LogP contribution in [-0.4, -0.2) is 43.8 Å². The van der Waals surface area contributed by atoms with E-state index in [1.54, 1.807) is 6.92 Å². The molecule has 150 valence electrons. The summed E-state index contributed by atoms with van der Waals surface area (Å²) in [6, 6.07) is 9.95. The lowest BCUT2D eigenvalue weighted by molar-refractivity contribution is -0.384. The van der Waals surface area contributed by atoms with Gasteiger partial charge in [0.25, 0.3) is 5.69 Å². The van der Waals surface area contributed by atoms with E-state index in [0.29, 0.717) is 17.9 Å². The molecule has 0 aliphatic heterocycles. The van der Waals surface area contributed by atoms with E-state index in [1.165, 1.54) is 49.5 Å². The molecule has 0 saturated heterocycles. The highest BCUT2D eigenvalue weighted by Gasteiger charge is 2.23. The van der Waals surface area contributed by atoms with Crippen LogP contribution in [0.4, 0.5) is 11.4 Å². The van der Waals surface area contributed by atoms with Crippen LogP contribution in [0.15, 0.2) is 47.4 Å². The van der Waals surface area contributed by atoms with Gasteiger partial charge in [-0.1, -0.05) is 6.07 Å². The van der Waals surface area contributed by atoms with Gasteiger partial charge in [-0.15, -0.1) is 0 Å². The van der Waals surface area contributed by atoms with Crippen LogP contribution in [0.2, 0.25) is 0 Å². The number of nitro benzene ring substituents is 1. The smallest absolute Gasteiger partial charge is 0.271 e. The predicted octanol–water partition coefficient (Wildman–Crippen LogP) is 2.56. The minimum absolute atomic E-state index is 0.0257. The Balaban J connectivity index is 2.11. The summed E-state index contributed by atoms with van der Waals surface area (Å²) in [6.45, 7) is 3.51. The number of rotatable bonds is 8. The molecule has 28 heavy (non-hydrogen) atoms. The van der Waals surface area contributed by atoms with Gasteiger partial charge >= 0.3 is 0 Å². The zero-order chi connectivity index (χ0) is 20.9. The Bertz CT molecular complexity index is 973. The average molecular weight is 407 g/mol. The van der Waals surface area contributed by atoms with Gasteiger partial charge in [-0.2, -0.15) is 4.31 Å². The maximum absolute atomic E-state index is 12.6. The van der Waals surface area contributed by atoms with Crippen LogP contribution in [0.25, 0.3) is 0 Å². The fourth-order valence-electron chi connectivity index (χ4n) is 2.39. The molecule has 0 heterocycles. The summed E-state index contributed by atoms with van der Waals surface area (Å²) in [5.74, 6) is -0.0661. The van der Waals surface area contributed by atoms with E-state index in [-0.39, 0.29) is 16.3 Å². The quantitative estimate of drug-likeness (QED) is 0.531. The van der Waals surface area contributed by atoms with Crippen molar-refractivity contribution in [3.63, 3.8) is 0 Å². The SMILES string of the molecule is CCOc1ccc(S(=O)(=O)N(C)CC(=O)Nc2cc([N+](=O)[O-])ccc2C)cc1. The number of benzene rings is 2. The molecule has 1 amide bonds. The van der Waals surface area contributed by atoms with Crippen molar-refractivity contribution in [1.82, 2.24) is 4.31 Å². The van der Waals surface area contributed by atoms with Gasteiger partial charge in [0.15, 0.2) is 0 Å². The first kappa shape index (κ1) is 21.3. The summed E-state index contributed by atoms with van der Waals surface area (Å²) in [5, 5.41) is 13.4. The van der Waals surface area contributed by atoms with Crippen LogP contribution in [0.1, 0.15) is 12.5 Å². The molecule has 1 N–H and O–H groups in total. The lowest BCUT2D eigenvalue weighted by Gasteiger charge is -2.17. The average Bonchev–Trinajstić information content (AvgIpc) is 2.64. The van der Waals surface area contributed by atoms with Crippen LogP contribution in [0, 0.1) is 17.0 Å². The van der Waals surface area contributed by atoms with Gasteiger partial charge in [-0.3, -0.25) is 14.9 Å². The van der Waals surface area contributed by atoms with Gasteiger partial charge in [0, 0.05) is 19.2 Å². The maximum Gasteiger partial charge on any atom is 0.271 e. The van der Waals surface area contributed by atoms with Crippen molar-refractivity contribution < 1.29 is 22.9 Å². The zero-order valence-electron chi connectivity index (χ0n) is 15.7. The number of nitrogens with one attached hydrogen (secondary N) is 1. The van der Waals surface area contributed by atoms with E-state index in [4.69, 9.17) is 4.74 Å². The van der Waals surface area contributed by atoms with Crippen LogP contribution >= 0.6 is 0 Å². The second-order valence-corrected chi connectivity index (χ2v) is 8.01. The van der Waals surface area contributed by atoms with Crippen molar-refractivity contribution in [1.29, 1.82) is 0 Å². The molecule has 0 aliphatic rings. The third-order valence-electron chi connectivity index (χ3n) is 3.92. The van der Waals surface area contributed by atoms with E-state index in [1.807, 2.05) is 6.92 Å². The van der Waals surface area contributed by atoms with Crippen molar-refractivity contribution in [2.24, 2.45) is 0 Å². The molecule has 0 atom stereocenters. The topological polar surface area (TPSA) is 119 Å². The molecule has 10 heteroatoms. The second-order valence-electron chi connectivity index (χ2n) is 5.97. The Kier molecular flexibility index (Phi) is 6.71. The number of non-ortho nitro benzene ring substituents is 1. The normalized spacial score (nSPS) is 11.3. The maximum atomic E-state index is 12.6. The Hall–Kier alpha value is -2.98. The highest BCUT2D eigenvalue weighted by atomic mass is 32.2. The molecule has 0 bridgehead atoms. The summed E-state index contributed by atoms with van der Waals surface area (Å²) >= 11 is 0. The Morgan fingerprint density at radius 2 is 1.86 bits per heavy atom. The summed E-state index contributed by atoms with van der Waals surface area (Å²) in [6.07, 6.45) is 0. The molecular weight excluding hydrogens is 386 g/mol. The third-order valence-corrected chi connectivity index (χ3v) is 5.73. The summed E-state index contributed by atoms with van der Waals surface area (Å²) < 4.78 is 31.4. The minimum atomic E-state index is -3.88. The molecule has 0 fully saturated rings. The van der Waals surface area contributed by atoms with Crippen LogP contribution < -0.4 is 10.1 Å². The number of hydrogen-bond donors (Lipinski definition) is 1. The van der Waals surface area contributed by atoms with Crippen molar-refractivity contribution >= 4 is 27.3 Å². The Morgan fingerprint density at radius 1 is 1.21 bits per heavy atom. The number of nitrogens with zero attached hydrogens (tertiary/aromatic N) is 2. The standard InChI is InChI=1S/C18H21N3O6S/c1-4-27-15-7-9-16(10-8-15)28(25,26)20(3)12-18(22)19-17-11-14(21(23)24)6-5-13(17)2/h5-11H,4,12H2,1-3H3,(H,19,22). The van der Waals surface area contributed by atoms with E-state index < -0.39 is 27.4 Å². The van der Waals surface area contributed by atoms with Gasteiger partial charge in [-0.25, -0.2) is 8.42 Å². The van der Waals surface area contributed by atoms with Crippen LogP contribution in [0.3, 0.4) is 0 Å². The first-order valence-corrected chi connectivity index (χ1v) is 9.83. The van der Waals surface area contributed by atoms with Gasteiger partial charge in [0.05, 0.1) is 28.7 Å². The third kappa shape index (κ3) is 5.05. The zero-order valence-corrected chi connectivity index (χ0v) is 16.5. The van der Waals surface area contributed by atoms with E-state index in [9.17, 15) is 23.3 Å². The van der Waals surface area contributed by atoms with Crippen molar-refractivity contribution in [3.05, 3.63) is 58.1 Å². The summed E-state index contributed by atoms with van der Waals surface area (Å²) in [7, 11) is -2.60. The van der Waals surface area contributed by atoms with E-state index in [2.05, 4.69) is 5.32 Å². The number of carbonyl (C=O) groups is 1. The summed E-state index contributed by atoms with van der Waals surface area (Å²) in [4.78, 5) is 22.6. The number of likely N-dealkylation sites (N-methyl/N-ethyl adjacent to an activating group) is 1. The fourth-order valence-corrected chi connectivity index (χ4v) is 3.52. The molecule has 0 aliphatic carbocycles. The molecule has 0 radical (unpaired) electrons. The molecule has 0 spiro atoms. The van der Waals surface area contributed by atoms with Crippen molar-refractivity contribution in [2.75, 3.05) is 25.5 Å². The van der Waals surface area contributed by atoms with Crippen LogP contribution in [0.5, 0.6) is 5.75 Å². The molecule has 2 aromatic carbocycles. The number of sulfonamides is 1. The highest BCUT2D eigenvalue weighted by molar-refractivity contribution is 7.89. The molecule has 2 rings (SSSR count). The van der Waals surface area contributed by atoms with E-state index >= 15 is 0 Å². The molecule has 0 saturated carbocycles. The van der Waals surface area contributed by atoms with Gasteiger partial charge in [-0.05, 0) is 43.7 Å². The fraction of sp³-hybridized carbons (Fsp3) is 0.278. The Labute approximate surface area is 163 Å². The first-order chi connectivity index (χ1) is 13.1. The minimum Gasteiger partial charge on any atom is -0.494 e. The number of carbonyl (C=O) groups excluding carboxylic acids is 1. The predicted molar refractivity (Wildman–Crippen MR) is 104 cm³/mol. The number of amides is 1. The summed E-state index contributed by atoms with van der Waals surface area (Å²) in [5.41, 5.74) is 0.707. The number of ether oxygens (including phenoxy) is 1. The molecule has 0 aromatic heterocycles. The van der Waals surface area contributed by atoms with Crippen molar-refractivity contribution in [3.8, 4) is 5.75 Å². The Morgan fingerprint density at radius 3 is 2.43 bits per heavy atom. The number of hydrogen-bond acceptors (Lipinski definition) is 6. The van der Waals surface area contributed by atoms with E-state index in [0.717, 1.165) is 4.31 Å². The second kappa shape index (κ2) is 8.81. The lowest BCUT2D eigenvalue weighted by Crippen LogP contribution is -2.35. The van der Waals surface area contributed by atoms with Gasteiger partial charge in [0.1, 0.15) is 5.75 Å². The molecular formula is C18H21N3O6S.